The average Bonchev–Trinajstić information content (AvgIpc) is 3.09. The Balaban J connectivity index is 1.53. The van der Waals surface area contributed by atoms with Crippen molar-refractivity contribution in [3.05, 3.63) is 72.1 Å². The summed E-state index contributed by atoms with van der Waals surface area (Å²) in [5.74, 6) is 0.832. The van der Waals surface area contributed by atoms with Gasteiger partial charge in [-0.15, -0.1) is 0 Å². The SMILES string of the molecule is CCC(N)c1cc2cc(OCc3ccc4ccccc4n3)ccc2[nH]1. The molecule has 0 aliphatic rings. The van der Waals surface area contributed by atoms with E-state index < -0.39 is 0 Å². The molecule has 2 aromatic carbocycles. The third-order valence-corrected chi connectivity index (χ3v) is 4.50. The smallest absolute Gasteiger partial charge is 0.130 e. The molecule has 0 aliphatic carbocycles. The van der Waals surface area contributed by atoms with E-state index in [1.54, 1.807) is 0 Å². The van der Waals surface area contributed by atoms with Crippen molar-refractivity contribution in [3.8, 4) is 5.75 Å². The first-order valence-corrected chi connectivity index (χ1v) is 8.58. The van der Waals surface area contributed by atoms with Crippen LogP contribution in [-0.4, -0.2) is 9.97 Å². The molecule has 25 heavy (non-hydrogen) atoms. The normalized spacial score (nSPS) is 12.6. The topological polar surface area (TPSA) is 63.9 Å². The number of nitrogens with two attached hydrogens (primary N) is 1. The highest BCUT2D eigenvalue weighted by molar-refractivity contribution is 5.82. The molecule has 0 amide bonds. The molecule has 4 heteroatoms. The van der Waals surface area contributed by atoms with Crippen molar-refractivity contribution in [2.24, 2.45) is 5.73 Å². The van der Waals surface area contributed by atoms with Crippen LogP contribution in [0.1, 0.15) is 30.8 Å². The summed E-state index contributed by atoms with van der Waals surface area (Å²) in [7, 11) is 0. The van der Waals surface area contributed by atoms with Crippen LogP contribution in [-0.2, 0) is 6.61 Å². The Kier molecular flexibility index (Phi) is 4.12. The summed E-state index contributed by atoms with van der Waals surface area (Å²) in [5, 5.41) is 2.25. The largest absolute Gasteiger partial charge is 0.487 e. The summed E-state index contributed by atoms with van der Waals surface area (Å²) in [5.41, 5.74) is 10.2. The molecule has 0 spiro atoms. The van der Waals surface area contributed by atoms with Gasteiger partial charge >= 0.3 is 0 Å². The van der Waals surface area contributed by atoms with Crippen molar-refractivity contribution in [2.75, 3.05) is 0 Å². The monoisotopic (exact) mass is 331 g/mol. The molecule has 0 saturated heterocycles. The van der Waals surface area contributed by atoms with Crippen LogP contribution >= 0.6 is 0 Å². The fraction of sp³-hybridized carbons (Fsp3) is 0.190. The van der Waals surface area contributed by atoms with Crippen LogP contribution in [0.4, 0.5) is 0 Å². The molecule has 4 rings (SSSR count). The van der Waals surface area contributed by atoms with Gasteiger partial charge in [0.2, 0.25) is 0 Å². The summed E-state index contributed by atoms with van der Waals surface area (Å²) in [4.78, 5) is 8.02. The van der Waals surface area contributed by atoms with Crippen LogP contribution in [0.3, 0.4) is 0 Å². The predicted molar refractivity (Wildman–Crippen MR) is 102 cm³/mol. The second kappa shape index (κ2) is 6.57. The van der Waals surface area contributed by atoms with Gasteiger partial charge in [-0.05, 0) is 42.8 Å². The Bertz CT molecular complexity index is 1020. The third kappa shape index (κ3) is 3.21. The Morgan fingerprint density at radius 3 is 2.80 bits per heavy atom. The van der Waals surface area contributed by atoms with E-state index in [0.717, 1.165) is 45.4 Å². The van der Waals surface area contributed by atoms with E-state index in [0.29, 0.717) is 6.61 Å². The van der Waals surface area contributed by atoms with Crippen LogP contribution in [0.25, 0.3) is 21.8 Å². The molecule has 3 N–H and O–H groups in total. The molecule has 0 radical (unpaired) electrons. The van der Waals surface area contributed by atoms with Gasteiger partial charge in [0.05, 0.1) is 11.2 Å². The van der Waals surface area contributed by atoms with Crippen molar-refractivity contribution in [2.45, 2.75) is 26.0 Å². The lowest BCUT2D eigenvalue weighted by Crippen LogP contribution is -2.08. The van der Waals surface area contributed by atoms with Crippen LogP contribution in [0, 0.1) is 0 Å². The predicted octanol–water partition coefficient (Wildman–Crippen LogP) is 4.70. The van der Waals surface area contributed by atoms with E-state index in [2.05, 4.69) is 35.1 Å². The molecule has 1 unspecified atom stereocenters. The highest BCUT2D eigenvalue weighted by atomic mass is 16.5. The summed E-state index contributed by atoms with van der Waals surface area (Å²) in [6.07, 6.45) is 0.907. The molecule has 0 fully saturated rings. The minimum Gasteiger partial charge on any atom is -0.487 e. The number of rotatable bonds is 5. The fourth-order valence-electron chi connectivity index (χ4n) is 2.99. The summed E-state index contributed by atoms with van der Waals surface area (Å²) in [6.45, 7) is 2.53. The number of hydrogen-bond acceptors (Lipinski definition) is 3. The summed E-state index contributed by atoms with van der Waals surface area (Å²) >= 11 is 0. The van der Waals surface area contributed by atoms with Crippen molar-refractivity contribution in [1.29, 1.82) is 0 Å². The summed E-state index contributed by atoms with van der Waals surface area (Å²) < 4.78 is 5.94. The Hall–Kier alpha value is -2.85. The van der Waals surface area contributed by atoms with Gasteiger partial charge in [0, 0.05) is 28.0 Å². The number of hydrogen-bond donors (Lipinski definition) is 2. The van der Waals surface area contributed by atoms with Crippen LogP contribution in [0.2, 0.25) is 0 Å². The molecule has 0 bridgehead atoms. The lowest BCUT2D eigenvalue weighted by molar-refractivity contribution is 0.302. The van der Waals surface area contributed by atoms with E-state index in [1.807, 2.05) is 42.5 Å². The number of para-hydroxylation sites is 1. The number of fused-ring (bicyclic) bond motifs is 2. The van der Waals surface area contributed by atoms with E-state index in [9.17, 15) is 0 Å². The van der Waals surface area contributed by atoms with E-state index >= 15 is 0 Å². The molecule has 0 saturated carbocycles. The molecular weight excluding hydrogens is 310 g/mol. The Morgan fingerprint density at radius 2 is 1.92 bits per heavy atom. The number of aromatic nitrogens is 2. The maximum atomic E-state index is 6.11. The van der Waals surface area contributed by atoms with Crippen molar-refractivity contribution in [3.63, 3.8) is 0 Å². The molecule has 2 aromatic heterocycles. The minimum absolute atomic E-state index is 0.0403. The van der Waals surface area contributed by atoms with Gasteiger partial charge in [0.1, 0.15) is 12.4 Å². The molecule has 0 aliphatic heterocycles. The number of benzene rings is 2. The number of pyridine rings is 1. The fourth-order valence-corrected chi connectivity index (χ4v) is 2.99. The summed E-state index contributed by atoms with van der Waals surface area (Å²) in [6, 6.07) is 20.4. The molecular formula is C21H21N3O. The zero-order valence-electron chi connectivity index (χ0n) is 14.2. The molecule has 4 aromatic rings. The van der Waals surface area contributed by atoms with Crippen LogP contribution in [0.15, 0.2) is 60.7 Å². The standard InChI is InChI=1S/C21H21N3O/c1-2-18(22)21-12-15-11-17(9-10-20(15)24-21)25-13-16-8-7-14-5-3-4-6-19(14)23-16/h3-12,18,24H,2,13,22H2,1H3. The lowest BCUT2D eigenvalue weighted by Gasteiger charge is -2.07. The van der Waals surface area contributed by atoms with Crippen molar-refractivity contribution >= 4 is 21.8 Å². The molecule has 4 nitrogen and oxygen atoms in total. The molecule has 2 heterocycles. The maximum Gasteiger partial charge on any atom is 0.130 e. The number of nitrogens with zero attached hydrogens (tertiary/aromatic N) is 1. The number of aromatic amines is 1. The maximum absolute atomic E-state index is 6.11. The molecule has 126 valence electrons. The Morgan fingerprint density at radius 1 is 1.04 bits per heavy atom. The second-order valence-corrected chi connectivity index (χ2v) is 6.27. The Labute approximate surface area is 146 Å². The van der Waals surface area contributed by atoms with Crippen molar-refractivity contribution < 1.29 is 4.74 Å². The van der Waals surface area contributed by atoms with Crippen LogP contribution < -0.4 is 10.5 Å². The van der Waals surface area contributed by atoms with Gasteiger partial charge in [-0.2, -0.15) is 0 Å². The second-order valence-electron chi connectivity index (χ2n) is 6.27. The highest BCUT2D eigenvalue weighted by Gasteiger charge is 2.08. The first-order chi connectivity index (χ1) is 12.2. The number of ether oxygens (including phenoxy) is 1. The minimum atomic E-state index is 0.0403. The van der Waals surface area contributed by atoms with Gasteiger partial charge in [-0.3, -0.25) is 0 Å². The average molecular weight is 331 g/mol. The van der Waals surface area contributed by atoms with Gasteiger partial charge in [0.25, 0.3) is 0 Å². The first kappa shape index (κ1) is 15.7. The van der Waals surface area contributed by atoms with Gasteiger partial charge in [-0.25, -0.2) is 4.98 Å². The zero-order chi connectivity index (χ0) is 17.2. The zero-order valence-corrected chi connectivity index (χ0v) is 14.2. The van der Waals surface area contributed by atoms with Gasteiger partial charge < -0.3 is 15.5 Å². The number of H-pyrrole nitrogens is 1. The van der Waals surface area contributed by atoms with Crippen molar-refractivity contribution in [1.82, 2.24) is 9.97 Å². The number of nitrogens with one attached hydrogen (secondary N) is 1. The molecule has 1 atom stereocenters. The van der Waals surface area contributed by atoms with Crippen LogP contribution in [0.5, 0.6) is 5.75 Å². The first-order valence-electron chi connectivity index (χ1n) is 8.58. The van der Waals surface area contributed by atoms with E-state index in [4.69, 9.17) is 10.5 Å². The van der Waals surface area contributed by atoms with Gasteiger partial charge in [0.15, 0.2) is 0 Å². The highest BCUT2D eigenvalue weighted by Crippen LogP contribution is 2.25. The van der Waals surface area contributed by atoms with Gasteiger partial charge in [-0.1, -0.05) is 31.2 Å². The van der Waals surface area contributed by atoms with E-state index in [-0.39, 0.29) is 6.04 Å². The van der Waals surface area contributed by atoms with E-state index in [1.165, 1.54) is 0 Å². The quantitative estimate of drug-likeness (QED) is 0.557. The lowest BCUT2D eigenvalue weighted by atomic mass is 10.1. The third-order valence-electron chi connectivity index (χ3n) is 4.50.